The Morgan fingerprint density at radius 3 is 3.00 bits per heavy atom. The van der Waals surface area contributed by atoms with E-state index in [9.17, 15) is 0 Å². The predicted molar refractivity (Wildman–Crippen MR) is 90.8 cm³/mol. The molecular weight excluding hydrogens is 270 g/mol. The fraction of sp³-hybridized carbons (Fsp3) is 0.316. The highest BCUT2D eigenvalue weighted by Gasteiger charge is 2.17. The van der Waals surface area contributed by atoms with Gasteiger partial charge in [-0.15, -0.1) is 0 Å². The minimum atomic E-state index is 0.465. The van der Waals surface area contributed by atoms with Gasteiger partial charge in [0.05, 0.1) is 0 Å². The van der Waals surface area contributed by atoms with Gasteiger partial charge in [0.25, 0.3) is 0 Å². The van der Waals surface area contributed by atoms with E-state index in [4.69, 9.17) is 0 Å². The summed E-state index contributed by atoms with van der Waals surface area (Å²) in [6, 6.07) is 11.4. The Morgan fingerprint density at radius 1 is 1.27 bits per heavy atom. The van der Waals surface area contributed by atoms with Crippen LogP contribution in [0.4, 0.5) is 0 Å². The summed E-state index contributed by atoms with van der Waals surface area (Å²) < 4.78 is 2.31. The summed E-state index contributed by atoms with van der Waals surface area (Å²) in [7, 11) is 0. The second-order valence-electron chi connectivity index (χ2n) is 6.00. The fourth-order valence-electron chi connectivity index (χ4n) is 3.50. The van der Waals surface area contributed by atoms with Crippen molar-refractivity contribution in [2.24, 2.45) is 0 Å². The number of hydrogen-bond donors (Lipinski definition) is 1. The SMILES string of the molecule is CCn1cc(-c2cncc(C3CCCN3)c2)c2ccccc21. The molecule has 3 nitrogen and oxygen atoms in total. The molecule has 22 heavy (non-hydrogen) atoms. The van der Waals surface area contributed by atoms with Gasteiger partial charge in [-0.3, -0.25) is 4.98 Å². The van der Waals surface area contributed by atoms with Crippen LogP contribution < -0.4 is 5.32 Å². The molecule has 4 rings (SSSR count). The van der Waals surface area contributed by atoms with Crippen molar-refractivity contribution in [1.82, 2.24) is 14.9 Å². The van der Waals surface area contributed by atoms with E-state index in [0.717, 1.165) is 13.1 Å². The molecule has 0 aliphatic carbocycles. The van der Waals surface area contributed by atoms with E-state index in [1.807, 2.05) is 12.4 Å². The molecule has 3 aromatic rings. The van der Waals surface area contributed by atoms with Gasteiger partial charge in [-0.05, 0) is 44.0 Å². The lowest BCUT2D eigenvalue weighted by molar-refractivity contribution is 0.645. The molecule has 1 unspecified atom stereocenters. The highest BCUT2D eigenvalue weighted by Crippen LogP contribution is 2.32. The third kappa shape index (κ3) is 2.22. The molecule has 1 fully saturated rings. The zero-order chi connectivity index (χ0) is 14.9. The van der Waals surface area contributed by atoms with Crippen molar-refractivity contribution in [1.29, 1.82) is 0 Å². The molecule has 0 saturated carbocycles. The van der Waals surface area contributed by atoms with Crippen LogP contribution >= 0.6 is 0 Å². The molecule has 1 aliphatic heterocycles. The first-order valence-corrected chi connectivity index (χ1v) is 8.13. The molecule has 1 aromatic carbocycles. The smallest absolute Gasteiger partial charge is 0.0486 e. The average molecular weight is 291 g/mol. The summed E-state index contributed by atoms with van der Waals surface area (Å²) in [5.41, 5.74) is 5.10. The summed E-state index contributed by atoms with van der Waals surface area (Å²) in [4.78, 5) is 4.50. The number of fused-ring (bicyclic) bond motifs is 1. The van der Waals surface area contributed by atoms with Crippen LogP contribution in [-0.4, -0.2) is 16.1 Å². The van der Waals surface area contributed by atoms with Crippen molar-refractivity contribution in [2.45, 2.75) is 32.4 Å². The minimum Gasteiger partial charge on any atom is -0.347 e. The van der Waals surface area contributed by atoms with Crippen molar-refractivity contribution in [3.8, 4) is 11.1 Å². The van der Waals surface area contributed by atoms with E-state index in [1.165, 1.54) is 40.4 Å². The van der Waals surface area contributed by atoms with E-state index >= 15 is 0 Å². The Hall–Kier alpha value is -2.13. The first-order chi connectivity index (χ1) is 10.9. The van der Waals surface area contributed by atoms with Crippen LogP contribution in [0.2, 0.25) is 0 Å². The van der Waals surface area contributed by atoms with E-state index in [2.05, 4.69) is 58.3 Å². The second kappa shape index (κ2) is 5.58. The van der Waals surface area contributed by atoms with Crippen molar-refractivity contribution in [3.05, 3.63) is 54.5 Å². The number of rotatable bonds is 3. The van der Waals surface area contributed by atoms with Crippen LogP contribution in [0.15, 0.2) is 48.9 Å². The number of benzene rings is 1. The van der Waals surface area contributed by atoms with Crippen LogP contribution in [0, 0.1) is 0 Å². The van der Waals surface area contributed by atoms with Crippen LogP contribution in [0.3, 0.4) is 0 Å². The van der Waals surface area contributed by atoms with E-state index in [0.29, 0.717) is 6.04 Å². The molecule has 112 valence electrons. The highest BCUT2D eigenvalue weighted by atomic mass is 15.0. The molecule has 0 bridgehead atoms. The monoisotopic (exact) mass is 291 g/mol. The Kier molecular flexibility index (Phi) is 3.43. The number of nitrogens with zero attached hydrogens (tertiary/aromatic N) is 2. The number of para-hydroxylation sites is 1. The summed E-state index contributed by atoms with van der Waals surface area (Å²) >= 11 is 0. The third-order valence-corrected chi connectivity index (χ3v) is 4.66. The van der Waals surface area contributed by atoms with Gasteiger partial charge >= 0.3 is 0 Å². The number of aromatic nitrogens is 2. The molecule has 3 heteroatoms. The fourth-order valence-corrected chi connectivity index (χ4v) is 3.50. The van der Waals surface area contributed by atoms with Crippen LogP contribution in [0.25, 0.3) is 22.0 Å². The maximum atomic E-state index is 4.50. The lowest BCUT2D eigenvalue weighted by atomic mass is 10.0. The first-order valence-electron chi connectivity index (χ1n) is 8.13. The van der Waals surface area contributed by atoms with Gasteiger partial charge in [-0.2, -0.15) is 0 Å². The van der Waals surface area contributed by atoms with Gasteiger partial charge in [-0.25, -0.2) is 0 Å². The van der Waals surface area contributed by atoms with Gasteiger partial charge in [0, 0.05) is 53.2 Å². The maximum absolute atomic E-state index is 4.50. The summed E-state index contributed by atoms with van der Waals surface area (Å²) in [6.45, 7) is 4.29. The molecule has 1 N–H and O–H groups in total. The topological polar surface area (TPSA) is 29.9 Å². The summed E-state index contributed by atoms with van der Waals surface area (Å²) in [5.74, 6) is 0. The average Bonchev–Trinajstić information content (AvgIpc) is 3.23. The van der Waals surface area contributed by atoms with Crippen LogP contribution in [0.5, 0.6) is 0 Å². The zero-order valence-corrected chi connectivity index (χ0v) is 12.9. The molecule has 0 spiro atoms. The lowest BCUT2D eigenvalue weighted by Crippen LogP contribution is -2.12. The molecule has 3 heterocycles. The number of pyridine rings is 1. The number of aryl methyl sites for hydroxylation is 1. The second-order valence-corrected chi connectivity index (χ2v) is 6.00. The van der Waals surface area contributed by atoms with Gasteiger partial charge in [-0.1, -0.05) is 18.2 Å². The van der Waals surface area contributed by atoms with Gasteiger partial charge < -0.3 is 9.88 Å². The standard InChI is InChI=1S/C19H21N3/c1-2-22-13-17(16-6-3-4-8-19(16)22)14-10-15(12-20-11-14)18-7-5-9-21-18/h3-4,6,8,10-13,18,21H,2,5,7,9H2,1H3. The van der Waals surface area contributed by atoms with Crippen LogP contribution in [-0.2, 0) is 6.54 Å². The molecule has 1 aliphatic rings. The summed E-state index contributed by atoms with van der Waals surface area (Å²) in [5, 5.41) is 4.87. The molecule has 2 aromatic heterocycles. The van der Waals surface area contributed by atoms with E-state index < -0.39 is 0 Å². The minimum absolute atomic E-state index is 0.465. The molecule has 1 atom stereocenters. The van der Waals surface area contributed by atoms with Gasteiger partial charge in [0.15, 0.2) is 0 Å². The van der Waals surface area contributed by atoms with E-state index in [-0.39, 0.29) is 0 Å². The largest absolute Gasteiger partial charge is 0.347 e. The zero-order valence-electron chi connectivity index (χ0n) is 12.9. The van der Waals surface area contributed by atoms with Crippen molar-refractivity contribution >= 4 is 10.9 Å². The normalized spacial score (nSPS) is 18.1. The van der Waals surface area contributed by atoms with E-state index in [1.54, 1.807) is 0 Å². The quantitative estimate of drug-likeness (QED) is 0.785. The highest BCUT2D eigenvalue weighted by molar-refractivity contribution is 5.96. The Labute approximate surface area is 131 Å². The number of nitrogens with one attached hydrogen (secondary N) is 1. The Morgan fingerprint density at radius 2 is 2.18 bits per heavy atom. The molecule has 1 saturated heterocycles. The van der Waals surface area contributed by atoms with Gasteiger partial charge in [0.2, 0.25) is 0 Å². The molecular formula is C19H21N3. The van der Waals surface area contributed by atoms with Crippen molar-refractivity contribution < 1.29 is 0 Å². The van der Waals surface area contributed by atoms with Crippen molar-refractivity contribution in [2.75, 3.05) is 6.54 Å². The first kappa shape index (κ1) is 13.5. The van der Waals surface area contributed by atoms with Crippen LogP contribution in [0.1, 0.15) is 31.4 Å². The van der Waals surface area contributed by atoms with Gasteiger partial charge in [0.1, 0.15) is 0 Å². The molecule has 0 amide bonds. The Balaban J connectivity index is 1.83. The summed E-state index contributed by atoms with van der Waals surface area (Å²) in [6.07, 6.45) is 8.71. The maximum Gasteiger partial charge on any atom is 0.0486 e. The Bertz CT molecular complexity index is 797. The molecule has 0 radical (unpaired) electrons. The van der Waals surface area contributed by atoms with Crippen molar-refractivity contribution in [3.63, 3.8) is 0 Å². The number of hydrogen-bond acceptors (Lipinski definition) is 2. The lowest BCUT2D eigenvalue weighted by Gasteiger charge is -2.11. The predicted octanol–water partition coefficient (Wildman–Crippen LogP) is 4.15. The third-order valence-electron chi connectivity index (χ3n) is 4.66.